The Hall–Kier alpha value is -1.43. The number of nitrogens with one attached hydrogen (secondary N) is 1. The molecule has 6 heteroatoms. The molecule has 6 nitrogen and oxygen atoms in total. The molecule has 3 rings (SSSR count). The molecule has 1 fully saturated rings. The number of rotatable bonds is 4. The zero-order valence-electron chi connectivity index (χ0n) is 10.4. The maximum atomic E-state index is 11.2. The summed E-state index contributed by atoms with van der Waals surface area (Å²) < 4.78 is 2.13. The smallest absolute Gasteiger partial charge is 0.323 e. The van der Waals surface area contributed by atoms with Crippen LogP contribution in [0.2, 0.25) is 0 Å². The molecule has 2 aliphatic rings. The second-order valence-electron chi connectivity index (χ2n) is 5.24. The summed E-state index contributed by atoms with van der Waals surface area (Å²) in [4.78, 5) is 11.2. The number of nitrogens with zero attached hydrogens (tertiary/aromatic N) is 3. The molecule has 0 atom stereocenters. The van der Waals surface area contributed by atoms with Crippen LogP contribution in [0.4, 0.5) is 0 Å². The van der Waals surface area contributed by atoms with Crippen molar-refractivity contribution in [2.45, 2.75) is 57.2 Å². The van der Waals surface area contributed by atoms with Gasteiger partial charge in [0.15, 0.2) is 0 Å². The summed E-state index contributed by atoms with van der Waals surface area (Å²) >= 11 is 0. The molecule has 1 aromatic rings. The van der Waals surface area contributed by atoms with Crippen molar-refractivity contribution in [3.8, 4) is 0 Å². The minimum Gasteiger partial charge on any atom is -0.480 e. The predicted octanol–water partition coefficient (Wildman–Crippen LogP) is 0.711. The van der Waals surface area contributed by atoms with Gasteiger partial charge in [0.1, 0.15) is 17.2 Å². The van der Waals surface area contributed by atoms with Gasteiger partial charge in [0.2, 0.25) is 0 Å². The van der Waals surface area contributed by atoms with E-state index in [0.29, 0.717) is 19.4 Å². The molecule has 1 saturated carbocycles. The van der Waals surface area contributed by atoms with Crippen LogP contribution in [-0.2, 0) is 24.3 Å². The van der Waals surface area contributed by atoms with Crippen molar-refractivity contribution in [2.75, 3.05) is 0 Å². The Labute approximate surface area is 105 Å². The van der Waals surface area contributed by atoms with Crippen LogP contribution in [0.25, 0.3) is 0 Å². The number of fused-ring (bicyclic) bond motifs is 1. The molecule has 1 aromatic heterocycles. The fourth-order valence-corrected chi connectivity index (χ4v) is 2.74. The van der Waals surface area contributed by atoms with Gasteiger partial charge < -0.3 is 9.67 Å². The van der Waals surface area contributed by atoms with Crippen molar-refractivity contribution in [3.05, 3.63) is 11.6 Å². The first kappa shape index (κ1) is 11.6. The summed E-state index contributed by atoms with van der Waals surface area (Å²) in [5.41, 5.74) is -0.721. The van der Waals surface area contributed by atoms with Crippen LogP contribution < -0.4 is 5.32 Å². The molecule has 0 spiro atoms. The van der Waals surface area contributed by atoms with Crippen LogP contribution in [0.1, 0.15) is 43.8 Å². The van der Waals surface area contributed by atoms with Gasteiger partial charge in [-0.3, -0.25) is 10.1 Å². The van der Waals surface area contributed by atoms with Crippen LogP contribution >= 0.6 is 0 Å². The highest BCUT2D eigenvalue weighted by atomic mass is 16.4. The van der Waals surface area contributed by atoms with Gasteiger partial charge in [-0.2, -0.15) is 0 Å². The predicted molar refractivity (Wildman–Crippen MR) is 64.0 cm³/mol. The fraction of sp³-hybridized carbons (Fsp3) is 0.750. The minimum absolute atomic E-state index is 0.499. The molecule has 98 valence electrons. The summed E-state index contributed by atoms with van der Waals surface area (Å²) in [6.45, 7) is 1.46. The van der Waals surface area contributed by atoms with E-state index in [9.17, 15) is 9.90 Å². The lowest BCUT2D eigenvalue weighted by atomic mass is 9.77. The van der Waals surface area contributed by atoms with Crippen LogP contribution in [0.5, 0.6) is 0 Å². The molecule has 0 amide bonds. The van der Waals surface area contributed by atoms with Crippen molar-refractivity contribution in [3.63, 3.8) is 0 Å². The number of carboxylic acid groups (broad SMARTS) is 1. The second kappa shape index (κ2) is 4.35. The Kier molecular flexibility index (Phi) is 2.81. The zero-order valence-corrected chi connectivity index (χ0v) is 10.4. The third-order valence-corrected chi connectivity index (χ3v) is 4.14. The van der Waals surface area contributed by atoms with E-state index in [-0.39, 0.29) is 0 Å². The van der Waals surface area contributed by atoms with Crippen molar-refractivity contribution in [1.82, 2.24) is 20.1 Å². The van der Waals surface area contributed by atoms with E-state index in [2.05, 4.69) is 20.1 Å². The van der Waals surface area contributed by atoms with Gasteiger partial charge in [0.25, 0.3) is 0 Å². The first-order valence-electron chi connectivity index (χ1n) is 6.61. The lowest BCUT2D eigenvalue weighted by Crippen LogP contribution is -2.56. The molecule has 1 aliphatic carbocycles. The van der Waals surface area contributed by atoms with Crippen molar-refractivity contribution in [1.29, 1.82) is 0 Å². The van der Waals surface area contributed by atoms with E-state index in [1.54, 1.807) is 0 Å². The van der Waals surface area contributed by atoms with Gasteiger partial charge in [-0.15, -0.1) is 10.2 Å². The van der Waals surface area contributed by atoms with Gasteiger partial charge >= 0.3 is 5.97 Å². The highest BCUT2D eigenvalue weighted by Gasteiger charge is 2.44. The molecule has 18 heavy (non-hydrogen) atoms. The number of hydrogen-bond donors (Lipinski definition) is 2. The maximum absolute atomic E-state index is 11.2. The number of aliphatic carboxylic acids is 1. The molecular weight excluding hydrogens is 232 g/mol. The number of aromatic nitrogens is 3. The van der Waals surface area contributed by atoms with Gasteiger partial charge in [-0.25, -0.2) is 0 Å². The molecule has 0 radical (unpaired) electrons. The van der Waals surface area contributed by atoms with Crippen molar-refractivity contribution < 1.29 is 9.90 Å². The summed E-state index contributed by atoms with van der Waals surface area (Å²) in [6, 6.07) is 0. The third-order valence-electron chi connectivity index (χ3n) is 4.14. The molecule has 2 N–H and O–H groups in total. The van der Waals surface area contributed by atoms with Crippen LogP contribution in [-0.4, -0.2) is 31.4 Å². The number of carbonyl (C=O) groups is 1. The first-order valence-corrected chi connectivity index (χ1v) is 6.61. The van der Waals surface area contributed by atoms with Gasteiger partial charge in [-0.05, 0) is 32.1 Å². The summed E-state index contributed by atoms with van der Waals surface area (Å²) in [5, 5.41) is 20.8. The van der Waals surface area contributed by atoms with E-state index in [0.717, 1.165) is 37.5 Å². The van der Waals surface area contributed by atoms with E-state index >= 15 is 0 Å². The Morgan fingerprint density at radius 1 is 1.33 bits per heavy atom. The van der Waals surface area contributed by atoms with E-state index in [4.69, 9.17) is 0 Å². The van der Waals surface area contributed by atoms with Gasteiger partial charge in [-0.1, -0.05) is 0 Å². The molecule has 1 aliphatic heterocycles. The third kappa shape index (κ3) is 1.80. The first-order chi connectivity index (χ1) is 8.71. The fourth-order valence-electron chi connectivity index (χ4n) is 2.74. The SMILES string of the molecule is O=C(O)C1(NCc2nnc3n2CCCC3)CCC1. The molecular formula is C12H18N4O2. The second-order valence-corrected chi connectivity index (χ2v) is 5.24. The molecule has 0 aromatic carbocycles. The Morgan fingerprint density at radius 2 is 2.17 bits per heavy atom. The molecule has 0 saturated heterocycles. The van der Waals surface area contributed by atoms with E-state index in [1.165, 1.54) is 6.42 Å². The summed E-state index contributed by atoms with van der Waals surface area (Å²) in [5.74, 6) is 1.17. The Bertz CT molecular complexity index is 465. The minimum atomic E-state index is -0.743. The standard InChI is InChI=1S/C12H18N4O2/c17-11(18)12(5-3-6-12)13-8-10-15-14-9-4-1-2-7-16(9)10/h13H,1-8H2,(H,17,18). The van der Waals surface area contributed by atoms with Gasteiger partial charge in [0.05, 0.1) is 6.54 Å². The lowest BCUT2D eigenvalue weighted by molar-refractivity contribution is -0.148. The Balaban J connectivity index is 1.70. The molecule has 0 unspecified atom stereocenters. The zero-order chi connectivity index (χ0) is 12.6. The van der Waals surface area contributed by atoms with Crippen LogP contribution in [0.15, 0.2) is 0 Å². The average Bonchev–Trinajstić information content (AvgIpc) is 2.71. The average molecular weight is 250 g/mol. The van der Waals surface area contributed by atoms with E-state index in [1.807, 2.05) is 0 Å². The van der Waals surface area contributed by atoms with Crippen LogP contribution in [0, 0.1) is 0 Å². The number of carboxylic acids is 1. The van der Waals surface area contributed by atoms with Crippen molar-refractivity contribution >= 4 is 5.97 Å². The highest BCUT2D eigenvalue weighted by molar-refractivity contribution is 5.79. The number of hydrogen-bond acceptors (Lipinski definition) is 4. The van der Waals surface area contributed by atoms with Crippen molar-refractivity contribution in [2.24, 2.45) is 0 Å². The summed E-state index contributed by atoms with van der Waals surface area (Å²) in [7, 11) is 0. The lowest BCUT2D eigenvalue weighted by Gasteiger charge is -2.38. The van der Waals surface area contributed by atoms with Crippen LogP contribution in [0.3, 0.4) is 0 Å². The normalized spacial score (nSPS) is 21.1. The topological polar surface area (TPSA) is 80.0 Å². The summed E-state index contributed by atoms with van der Waals surface area (Å²) in [6.07, 6.45) is 5.72. The molecule has 2 heterocycles. The van der Waals surface area contributed by atoms with E-state index < -0.39 is 11.5 Å². The highest BCUT2D eigenvalue weighted by Crippen LogP contribution is 2.32. The largest absolute Gasteiger partial charge is 0.480 e. The Morgan fingerprint density at radius 3 is 2.83 bits per heavy atom. The molecule has 0 bridgehead atoms. The monoisotopic (exact) mass is 250 g/mol. The number of aryl methyl sites for hydroxylation is 1. The quantitative estimate of drug-likeness (QED) is 0.822. The maximum Gasteiger partial charge on any atom is 0.323 e. The van der Waals surface area contributed by atoms with Gasteiger partial charge in [0, 0.05) is 13.0 Å².